The normalized spacial score (nSPS) is 17.8. The van der Waals surface area contributed by atoms with Crippen molar-refractivity contribution in [2.45, 2.75) is 25.3 Å². The number of benzene rings is 2. The van der Waals surface area contributed by atoms with Crippen LogP contribution < -0.4 is 0 Å². The smallest absolute Gasteiger partial charge is 0.301 e. The number of aldehydes is 1. The van der Waals surface area contributed by atoms with Crippen molar-refractivity contribution in [3.8, 4) is 0 Å². The van der Waals surface area contributed by atoms with Crippen molar-refractivity contribution in [1.82, 2.24) is 4.90 Å². The van der Waals surface area contributed by atoms with Gasteiger partial charge in [0, 0.05) is 22.6 Å². The molecule has 0 aromatic heterocycles. The van der Waals surface area contributed by atoms with E-state index < -0.39 is 17.8 Å². The first-order valence-corrected chi connectivity index (χ1v) is 8.30. The lowest BCUT2D eigenvalue weighted by Gasteiger charge is -2.21. The van der Waals surface area contributed by atoms with Gasteiger partial charge in [-0.2, -0.15) is 13.2 Å². The zero-order valence-corrected chi connectivity index (χ0v) is 14.6. The van der Waals surface area contributed by atoms with Crippen molar-refractivity contribution in [3.63, 3.8) is 0 Å². The van der Waals surface area contributed by atoms with Crippen LogP contribution in [-0.2, 0) is 24.1 Å². The van der Waals surface area contributed by atoms with Crippen molar-refractivity contribution in [2.75, 3.05) is 0 Å². The van der Waals surface area contributed by atoms with Gasteiger partial charge in [0.1, 0.15) is 6.29 Å². The van der Waals surface area contributed by atoms with Gasteiger partial charge in [-0.1, -0.05) is 39.7 Å². The number of rotatable bonds is 3. The summed E-state index contributed by atoms with van der Waals surface area (Å²) in [5.74, 6) is 0. The maximum absolute atomic E-state index is 12.6. The van der Waals surface area contributed by atoms with Crippen LogP contribution in [0.1, 0.15) is 28.3 Å². The van der Waals surface area contributed by atoms with E-state index in [1.54, 1.807) is 6.07 Å². The number of alkyl halides is 3. The van der Waals surface area contributed by atoms with Gasteiger partial charge >= 0.3 is 6.18 Å². The van der Waals surface area contributed by atoms with Crippen molar-refractivity contribution < 1.29 is 18.0 Å². The van der Waals surface area contributed by atoms with Gasteiger partial charge in [-0.05, 0) is 41.0 Å². The Kier molecular flexibility index (Phi) is 4.73. The fraction of sp³-hybridized carbons (Fsp3) is 0.235. The molecule has 0 fully saturated rings. The van der Waals surface area contributed by atoms with Gasteiger partial charge in [-0.25, -0.2) is 0 Å². The van der Waals surface area contributed by atoms with Crippen LogP contribution in [0.15, 0.2) is 40.9 Å². The second kappa shape index (κ2) is 6.50. The highest BCUT2D eigenvalue weighted by Crippen LogP contribution is 2.40. The summed E-state index contributed by atoms with van der Waals surface area (Å²) < 4.78 is 38.7. The fourth-order valence-corrected chi connectivity index (χ4v) is 3.93. The topological polar surface area (TPSA) is 20.3 Å². The summed E-state index contributed by atoms with van der Waals surface area (Å²) in [5, 5.41) is 0.506. The van der Waals surface area contributed by atoms with Crippen LogP contribution in [0.3, 0.4) is 0 Å². The summed E-state index contributed by atoms with van der Waals surface area (Å²) in [5.41, 5.74) is 1.73. The van der Waals surface area contributed by atoms with Gasteiger partial charge in [-0.15, -0.1) is 0 Å². The van der Waals surface area contributed by atoms with E-state index in [1.165, 1.54) is 12.1 Å². The molecule has 7 heteroatoms. The molecular weight excluding hydrogens is 407 g/mol. The summed E-state index contributed by atoms with van der Waals surface area (Å²) in [6, 6.07) is 8.12. The molecule has 1 atom stereocenters. The molecule has 126 valence electrons. The van der Waals surface area contributed by atoms with E-state index in [9.17, 15) is 18.0 Å². The molecule has 0 amide bonds. The fourth-order valence-electron chi connectivity index (χ4n) is 2.94. The highest BCUT2D eigenvalue weighted by molar-refractivity contribution is 9.10. The lowest BCUT2D eigenvalue weighted by molar-refractivity contribution is -0.137. The van der Waals surface area contributed by atoms with Crippen LogP contribution in [0.5, 0.6) is 0 Å². The Morgan fingerprint density at radius 2 is 1.92 bits per heavy atom. The molecule has 1 aliphatic heterocycles. The van der Waals surface area contributed by atoms with E-state index >= 15 is 0 Å². The van der Waals surface area contributed by atoms with Crippen LogP contribution >= 0.6 is 27.5 Å². The van der Waals surface area contributed by atoms with E-state index in [1.807, 2.05) is 11.0 Å². The van der Waals surface area contributed by atoms with E-state index in [2.05, 4.69) is 15.9 Å². The van der Waals surface area contributed by atoms with E-state index in [-0.39, 0.29) is 0 Å². The Labute approximate surface area is 150 Å². The Morgan fingerprint density at radius 1 is 1.25 bits per heavy atom. The maximum atomic E-state index is 12.6. The Bertz CT molecular complexity index is 777. The second-order valence-corrected chi connectivity index (χ2v) is 6.96. The average Bonchev–Trinajstić information content (AvgIpc) is 2.84. The third-order valence-corrected chi connectivity index (χ3v) is 4.81. The highest BCUT2D eigenvalue weighted by atomic mass is 79.9. The zero-order valence-electron chi connectivity index (χ0n) is 12.3. The molecule has 0 bridgehead atoms. The Balaban J connectivity index is 1.84. The molecule has 1 heterocycles. The minimum Gasteiger partial charge on any atom is -0.301 e. The monoisotopic (exact) mass is 417 g/mol. The van der Waals surface area contributed by atoms with Gasteiger partial charge in [0.05, 0.1) is 11.6 Å². The Hall–Kier alpha value is -1.37. The predicted molar refractivity (Wildman–Crippen MR) is 88.6 cm³/mol. The minimum atomic E-state index is -4.35. The second-order valence-electron chi connectivity index (χ2n) is 5.64. The highest BCUT2D eigenvalue weighted by Gasteiger charge is 2.33. The van der Waals surface area contributed by atoms with E-state index in [4.69, 9.17) is 11.6 Å². The molecular formula is C17H12BrClF3NO. The molecule has 3 rings (SSSR count). The molecule has 0 spiro atoms. The van der Waals surface area contributed by atoms with Crippen molar-refractivity contribution in [3.05, 3.63) is 68.1 Å². The standard InChI is InChI=1S/C17H12BrClF3NO/c18-13-5-11-8-23(15(9-24)16(11)14(19)6-13)7-10-1-3-12(4-2-10)17(20,21)22/h1-6,9,15H,7-8H2. The first-order chi connectivity index (χ1) is 11.3. The van der Waals surface area contributed by atoms with Crippen LogP contribution in [0.2, 0.25) is 5.02 Å². The summed E-state index contributed by atoms with van der Waals surface area (Å²) in [6.45, 7) is 0.878. The lowest BCUT2D eigenvalue weighted by atomic mass is 10.1. The lowest BCUT2D eigenvalue weighted by Crippen LogP contribution is -2.22. The van der Waals surface area contributed by atoms with Crippen LogP contribution in [0.25, 0.3) is 0 Å². The van der Waals surface area contributed by atoms with Gasteiger partial charge < -0.3 is 4.79 Å². The third-order valence-electron chi connectivity index (χ3n) is 4.04. The SMILES string of the molecule is O=CC1c2c(Cl)cc(Br)cc2CN1Cc1ccc(C(F)(F)F)cc1. The number of hydrogen-bond acceptors (Lipinski definition) is 2. The molecule has 0 saturated carbocycles. The van der Waals surface area contributed by atoms with E-state index in [0.29, 0.717) is 23.7 Å². The average molecular weight is 419 g/mol. The number of fused-ring (bicyclic) bond motifs is 1. The van der Waals surface area contributed by atoms with Gasteiger partial charge in [-0.3, -0.25) is 4.90 Å². The summed E-state index contributed by atoms with van der Waals surface area (Å²) in [4.78, 5) is 13.4. The summed E-state index contributed by atoms with van der Waals surface area (Å²) >= 11 is 9.62. The molecule has 1 aliphatic rings. The number of halogens is 5. The summed E-state index contributed by atoms with van der Waals surface area (Å²) in [6.07, 6.45) is -3.54. The molecule has 0 aliphatic carbocycles. The molecule has 2 aromatic rings. The van der Waals surface area contributed by atoms with Crippen molar-refractivity contribution >= 4 is 33.8 Å². The summed E-state index contributed by atoms with van der Waals surface area (Å²) in [7, 11) is 0. The van der Waals surface area contributed by atoms with Crippen LogP contribution in [0.4, 0.5) is 13.2 Å². The molecule has 2 nitrogen and oxygen atoms in total. The molecule has 2 aromatic carbocycles. The largest absolute Gasteiger partial charge is 0.416 e. The predicted octanol–water partition coefficient (Wildman–Crippen LogP) is 5.38. The maximum Gasteiger partial charge on any atom is 0.416 e. The molecule has 1 unspecified atom stereocenters. The van der Waals surface area contributed by atoms with Crippen LogP contribution in [-0.4, -0.2) is 11.2 Å². The van der Waals surface area contributed by atoms with Crippen molar-refractivity contribution in [2.24, 2.45) is 0 Å². The zero-order chi connectivity index (χ0) is 17.5. The van der Waals surface area contributed by atoms with E-state index in [0.717, 1.165) is 34.0 Å². The molecule has 0 radical (unpaired) electrons. The number of carbonyl (C=O) groups is 1. The molecule has 0 saturated heterocycles. The molecule has 0 N–H and O–H groups in total. The quantitative estimate of drug-likeness (QED) is 0.624. The first-order valence-electron chi connectivity index (χ1n) is 7.13. The van der Waals surface area contributed by atoms with Gasteiger partial charge in [0.15, 0.2) is 0 Å². The third kappa shape index (κ3) is 3.36. The van der Waals surface area contributed by atoms with Gasteiger partial charge in [0.2, 0.25) is 0 Å². The molecule has 24 heavy (non-hydrogen) atoms. The number of nitrogens with zero attached hydrogens (tertiary/aromatic N) is 1. The Morgan fingerprint density at radius 3 is 2.50 bits per heavy atom. The minimum absolute atomic E-state index is 0.365. The van der Waals surface area contributed by atoms with Crippen LogP contribution in [0, 0.1) is 0 Å². The first kappa shape index (κ1) is 17.5. The van der Waals surface area contributed by atoms with Crippen molar-refractivity contribution in [1.29, 1.82) is 0 Å². The van der Waals surface area contributed by atoms with Gasteiger partial charge in [0.25, 0.3) is 0 Å². The number of carbonyl (C=O) groups excluding carboxylic acids is 1. The number of hydrogen-bond donors (Lipinski definition) is 0.